The van der Waals surface area contributed by atoms with Gasteiger partial charge in [0.1, 0.15) is 5.60 Å². The van der Waals surface area contributed by atoms with Gasteiger partial charge in [0.05, 0.1) is 19.7 Å². The number of nitrogens with one attached hydrogen (secondary N) is 1. The van der Waals surface area contributed by atoms with E-state index < -0.39 is 0 Å². The Morgan fingerprint density at radius 1 is 1.30 bits per heavy atom. The van der Waals surface area contributed by atoms with E-state index in [1.165, 1.54) is 0 Å². The highest BCUT2D eigenvalue weighted by Gasteiger charge is 2.42. The van der Waals surface area contributed by atoms with Gasteiger partial charge in [0, 0.05) is 31.5 Å². The van der Waals surface area contributed by atoms with E-state index in [1.54, 1.807) is 12.4 Å². The Morgan fingerprint density at radius 3 is 2.83 bits per heavy atom. The zero-order chi connectivity index (χ0) is 16.3. The molecule has 2 saturated heterocycles. The Labute approximate surface area is 137 Å². The van der Waals surface area contributed by atoms with Gasteiger partial charge < -0.3 is 19.9 Å². The number of carbonyl (C=O) groups excluding carboxylic acids is 1. The van der Waals surface area contributed by atoms with Gasteiger partial charge in [-0.15, -0.1) is 0 Å². The van der Waals surface area contributed by atoms with Gasteiger partial charge in [-0.05, 0) is 32.8 Å². The molecule has 2 fully saturated rings. The summed E-state index contributed by atoms with van der Waals surface area (Å²) in [7, 11) is 0. The monoisotopic (exact) mass is 319 g/mol. The van der Waals surface area contributed by atoms with E-state index in [2.05, 4.69) is 20.2 Å². The molecule has 0 radical (unpaired) electrons. The highest BCUT2D eigenvalue weighted by Crippen LogP contribution is 2.30. The van der Waals surface area contributed by atoms with Gasteiger partial charge in [-0.25, -0.2) is 14.8 Å². The highest BCUT2D eigenvalue weighted by atomic mass is 16.5. The highest BCUT2D eigenvalue weighted by molar-refractivity contribution is 5.74. The molecule has 1 atom stereocenters. The van der Waals surface area contributed by atoms with E-state index in [0.29, 0.717) is 19.7 Å². The van der Waals surface area contributed by atoms with Gasteiger partial charge in [-0.2, -0.15) is 0 Å². The number of piperidine rings is 1. The number of ether oxygens (including phenoxy) is 1. The minimum absolute atomic E-state index is 0.00393. The molecule has 2 aliphatic rings. The quantitative estimate of drug-likeness (QED) is 0.889. The number of morpholine rings is 1. The summed E-state index contributed by atoms with van der Waals surface area (Å²) < 4.78 is 6.12. The second-order valence-corrected chi connectivity index (χ2v) is 6.63. The molecule has 2 aliphatic heterocycles. The number of amides is 2. The summed E-state index contributed by atoms with van der Waals surface area (Å²) in [5.41, 5.74) is -0.315. The first-order valence-electron chi connectivity index (χ1n) is 8.29. The topological polar surface area (TPSA) is 70.6 Å². The number of hydrogen-bond acceptors (Lipinski definition) is 5. The molecule has 0 aliphatic carbocycles. The van der Waals surface area contributed by atoms with Crippen molar-refractivity contribution in [3.8, 4) is 0 Å². The van der Waals surface area contributed by atoms with Gasteiger partial charge in [0.25, 0.3) is 0 Å². The molecular formula is C16H25N5O2. The SMILES string of the molecule is CC(C)NC(=O)N1CCO[C@]2(CCCN(c3ncccn3)C2)C1. The minimum Gasteiger partial charge on any atom is -0.369 e. The summed E-state index contributed by atoms with van der Waals surface area (Å²) in [4.78, 5) is 25.0. The van der Waals surface area contributed by atoms with E-state index in [-0.39, 0.29) is 17.7 Å². The van der Waals surface area contributed by atoms with E-state index in [4.69, 9.17) is 4.74 Å². The maximum Gasteiger partial charge on any atom is 0.317 e. The van der Waals surface area contributed by atoms with Crippen LogP contribution in [0.5, 0.6) is 0 Å². The maximum atomic E-state index is 12.3. The first-order chi connectivity index (χ1) is 11.1. The lowest BCUT2D eigenvalue weighted by Gasteiger charge is -2.48. The predicted molar refractivity (Wildman–Crippen MR) is 87.4 cm³/mol. The number of hydrogen-bond donors (Lipinski definition) is 1. The Hall–Kier alpha value is -1.89. The number of urea groups is 1. The third-order valence-corrected chi connectivity index (χ3v) is 4.32. The van der Waals surface area contributed by atoms with Crippen molar-refractivity contribution in [3.05, 3.63) is 18.5 Å². The Morgan fingerprint density at radius 2 is 2.09 bits per heavy atom. The standard InChI is InChI=1S/C16H25N5O2/c1-13(2)19-15(22)21-9-10-23-16(12-21)5-3-8-20(11-16)14-17-6-4-7-18-14/h4,6-7,13H,3,5,8-12H2,1-2H3,(H,19,22)/t16-/m0/s1. The molecule has 0 aromatic carbocycles. The molecule has 1 aromatic heterocycles. The van der Waals surface area contributed by atoms with Crippen molar-refractivity contribution in [2.45, 2.75) is 38.3 Å². The molecule has 23 heavy (non-hydrogen) atoms. The van der Waals surface area contributed by atoms with Gasteiger partial charge in [0.2, 0.25) is 5.95 Å². The van der Waals surface area contributed by atoms with Crippen LogP contribution < -0.4 is 10.2 Å². The van der Waals surface area contributed by atoms with Crippen LogP contribution in [0.4, 0.5) is 10.7 Å². The summed E-state index contributed by atoms with van der Waals surface area (Å²) in [6.07, 6.45) is 5.49. The first-order valence-corrected chi connectivity index (χ1v) is 8.29. The predicted octanol–water partition coefficient (Wildman–Crippen LogP) is 1.27. The molecule has 2 amide bonds. The minimum atomic E-state index is -0.315. The van der Waals surface area contributed by atoms with Crippen molar-refractivity contribution in [1.29, 1.82) is 0 Å². The molecule has 0 unspecified atom stereocenters. The zero-order valence-electron chi connectivity index (χ0n) is 13.9. The first kappa shape index (κ1) is 16.0. The number of rotatable bonds is 2. The van der Waals surface area contributed by atoms with E-state index >= 15 is 0 Å². The van der Waals surface area contributed by atoms with E-state index in [0.717, 1.165) is 31.9 Å². The van der Waals surface area contributed by atoms with Crippen LogP contribution in [0.25, 0.3) is 0 Å². The van der Waals surface area contributed by atoms with Crippen LogP contribution in [0.15, 0.2) is 18.5 Å². The van der Waals surface area contributed by atoms with Crippen molar-refractivity contribution < 1.29 is 9.53 Å². The summed E-state index contributed by atoms with van der Waals surface area (Å²) in [6.45, 7) is 7.44. The average Bonchev–Trinajstić information content (AvgIpc) is 2.55. The van der Waals surface area contributed by atoms with Crippen molar-refractivity contribution in [2.75, 3.05) is 37.7 Å². The molecular weight excluding hydrogens is 294 g/mol. The normalized spacial score (nSPS) is 25.0. The molecule has 0 bridgehead atoms. The molecule has 1 spiro atoms. The van der Waals surface area contributed by atoms with Crippen LogP contribution in [0.1, 0.15) is 26.7 Å². The van der Waals surface area contributed by atoms with Crippen LogP contribution in [-0.2, 0) is 4.74 Å². The smallest absolute Gasteiger partial charge is 0.317 e. The summed E-state index contributed by atoms with van der Waals surface area (Å²) in [5.74, 6) is 0.735. The average molecular weight is 319 g/mol. The van der Waals surface area contributed by atoms with Crippen LogP contribution in [-0.4, -0.2) is 65.3 Å². The van der Waals surface area contributed by atoms with Gasteiger partial charge >= 0.3 is 6.03 Å². The van der Waals surface area contributed by atoms with Gasteiger partial charge in [-0.3, -0.25) is 0 Å². The lowest BCUT2D eigenvalue weighted by molar-refractivity contribution is -0.103. The van der Waals surface area contributed by atoms with Crippen molar-refractivity contribution in [1.82, 2.24) is 20.2 Å². The molecule has 126 valence electrons. The fourth-order valence-corrected chi connectivity index (χ4v) is 3.33. The van der Waals surface area contributed by atoms with Gasteiger partial charge in [-0.1, -0.05) is 0 Å². The molecule has 0 saturated carbocycles. The fraction of sp³-hybridized carbons (Fsp3) is 0.688. The third kappa shape index (κ3) is 3.72. The molecule has 1 aromatic rings. The van der Waals surface area contributed by atoms with Gasteiger partial charge in [0.15, 0.2) is 0 Å². The van der Waals surface area contributed by atoms with E-state index in [9.17, 15) is 4.79 Å². The Bertz CT molecular complexity index is 535. The lowest BCUT2D eigenvalue weighted by atomic mass is 9.91. The van der Waals surface area contributed by atoms with Crippen LogP contribution >= 0.6 is 0 Å². The molecule has 3 rings (SSSR count). The van der Waals surface area contributed by atoms with Crippen molar-refractivity contribution in [2.24, 2.45) is 0 Å². The maximum absolute atomic E-state index is 12.3. The largest absolute Gasteiger partial charge is 0.369 e. The third-order valence-electron chi connectivity index (χ3n) is 4.32. The number of carbonyl (C=O) groups is 1. The molecule has 1 N–H and O–H groups in total. The number of anilines is 1. The number of nitrogens with zero attached hydrogens (tertiary/aromatic N) is 4. The summed E-state index contributed by atoms with van der Waals surface area (Å²) in [6, 6.07) is 1.95. The number of aromatic nitrogens is 2. The van der Waals surface area contributed by atoms with Crippen LogP contribution in [0.3, 0.4) is 0 Å². The van der Waals surface area contributed by atoms with Crippen molar-refractivity contribution in [3.63, 3.8) is 0 Å². The Balaban J connectivity index is 1.69. The Kier molecular flexibility index (Phi) is 4.66. The second-order valence-electron chi connectivity index (χ2n) is 6.63. The zero-order valence-corrected chi connectivity index (χ0v) is 13.9. The fourth-order valence-electron chi connectivity index (χ4n) is 3.33. The van der Waals surface area contributed by atoms with Crippen LogP contribution in [0, 0.1) is 0 Å². The summed E-state index contributed by atoms with van der Waals surface area (Å²) >= 11 is 0. The molecule has 7 heteroatoms. The second kappa shape index (κ2) is 6.70. The van der Waals surface area contributed by atoms with E-state index in [1.807, 2.05) is 24.8 Å². The molecule has 3 heterocycles. The summed E-state index contributed by atoms with van der Waals surface area (Å²) in [5, 5.41) is 2.97. The van der Waals surface area contributed by atoms with Crippen molar-refractivity contribution >= 4 is 12.0 Å². The molecule has 7 nitrogen and oxygen atoms in total. The lowest BCUT2D eigenvalue weighted by Crippen LogP contribution is -2.62. The van der Waals surface area contributed by atoms with Crippen LogP contribution in [0.2, 0.25) is 0 Å².